The van der Waals surface area contributed by atoms with Crippen molar-refractivity contribution in [2.75, 3.05) is 0 Å². The fourth-order valence-corrected chi connectivity index (χ4v) is 5.24. The lowest BCUT2D eigenvalue weighted by molar-refractivity contribution is 0.264. The number of unbranched alkanes of at least 4 members (excludes halogenated alkanes) is 1. The molecule has 34 heavy (non-hydrogen) atoms. The van der Waals surface area contributed by atoms with Crippen molar-refractivity contribution in [2.45, 2.75) is 71.1 Å². The van der Waals surface area contributed by atoms with Gasteiger partial charge in [0, 0.05) is 16.5 Å². The van der Waals surface area contributed by atoms with Crippen LogP contribution in [-0.2, 0) is 12.8 Å². The molecule has 1 aliphatic carbocycles. The molecule has 0 radical (unpaired) electrons. The summed E-state index contributed by atoms with van der Waals surface area (Å²) >= 11 is 0. The third kappa shape index (κ3) is 6.38. The molecule has 0 N–H and O–H groups in total. The Labute approximate surface area is 205 Å². The molecule has 0 heterocycles. The number of fused-ring (bicyclic) bond motifs is 1. The number of hydrogen-bond acceptors (Lipinski definition) is 0. The van der Waals surface area contributed by atoms with Gasteiger partial charge in [0.05, 0.1) is 0 Å². The summed E-state index contributed by atoms with van der Waals surface area (Å²) in [4.78, 5) is 0. The summed E-state index contributed by atoms with van der Waals surface area (Å²) in [6.07, 6.45) is 13.8. The Morgan fingerprint density at radius 1 is 0.882 bits per heavy atom. The molecule has 176 valence electrons. The van der Waals surface area contributed by atoms with E-state index < -0.39 is 0 Å². The molecular formula is C33H37F. The van der Waals surface area contributed by atoms with Crippen LogP contribution in [0.1, 0.15) is 80.5 Å². The molecule has 0 nitrogen and oxygen atoms in total. The minimum Gasteiger partial charge on any atom is -0.206 e. The Morgan fingerprint density at radius 3 is 2.32 bits per heavy atom. The zero-order valence-electron chi connectivity index (χ0n) is 20.6. The van der Waals surface area contributed by atoms with E-state index in [-0.39, 0.29) is 5.82 Å². The molecule has 0 aliphatic heterocycles. The van der Waals surface area contributed by atoms with E-state index in [0.717, 1.165) is 59.6 Å². The van der Waals surface area contributed by atoms with Crippen molar-refractivity contribution in [1.29, 1.82) is 0 Å². The van der Waals surface area contributed by atoms with E-state index in [2.05, 4.69) is 61.8 Å². The summed E-state index contributed by atoms with van der Waals surface area (Å²) in [6, 6.07) is 18.4. The zero-order valence-corrected chi connectivity index (χ0v) is 20.6. The molecular weight excluding hydrogens is 415 g/mol. The predicted molar refractivity (Wildman–Crippen MR) is 144 cm³/mol. The van der Waals surface area contributed by atoms with E-state index in [4.69, 9.17) is 0 Å². The highest BCUT2D eigenvalue weighted by molar-refractivity contribution is 5.85. The molecule has 3 aromatic rings. The second-order valence-electron chi connectivity index (χ2n) is 9.97. The lowest BCUT2D eigenvalue weighted by atomic mass is 9.78. The second-order valence-corrected chi connectivity index (χ2v) is 9.97. The van der Waals surface area contributed by atoms with Gasteiger partial charge in [-0.3, -0.25) is 0 Å². The summed E-state index contributed by atoms with van der Waals surface area (Å²) in [5.41, 5.74) is 4.15. The molecule has 1 heteroatoms. The van der Waals surface area contributed by atoms with E-state index >= 15 is 4.39 Å². The average Bonchev–Trinajstić information content (AvgIpc) is 2.87. The quantitative estimate of drug-likeness (QED) is 0.236. The maximum Gasteiger partial charge on any atom is 0.134 e. The van der Waals surface area contributed by atoms with Gasteiger partial charge >= 0.3 is 0 Å². The van der Waals surface area contributed by atoms with Gasteiger partial charge in [-0.1, -0.05) is 74.4 Å². The third-order valence-electron chi connectivity index (χ3n) is 7.45. The molecule has 0 atom stereocenters. The molecule has 0 saturated heterocycles. The van der Waals surface area contributed by atoms with Crippen LogP contribution in [0.25, 0.3) is 10.8 Å². The first-order valence-corrected chi connectivity index (χ1v) is 13.1. The number of rotatable bonds is 8. The Morgan fingerprint density at radius 2 is 1.59 bits per heavy atom. The first-order valence-electron chi connectivity index (χ1n) is 13.1. The summed E-state index contributed by atoms with van der Waals surface area (Å²) in [5.74, 6) is 7.99. The monoisotopic (exact) mass is 452 g/mol. The van der Waals surface area contributed by atoms with Gasteiger partial charge in [0.1, 0.15) is 5.82 Å². The van der Waals surface area contributed by atoms with Crippen molar-refractivity contribution >= 4 is 10.8 Å². The molecule has 4 rings (SSSR count). The van der Waals surface area contributed by atoms with Crippen molar-refractivity contribution < 1.29 is 4.39 Å². The average molecular weight is 453 g/mol. The highest BCUT2D eigenvalue weighted by atomic mass is 19.1. The van der Waals surface area contributed by atoms with Gasteiger partial charge in [-0.15, -0.1) is 6.58 Å². The summed E-state index contributed by atoms with van der Waals surface area (Å²) in [7, 11) is 0. The van der Waals surface area contributed by atoms with Crippen molar-refractivity contribution in [3.63, 3.8) is 0 Å². The summed E-state index contributed by atoms with van der Waals surface area (Å²) in [5, 5.41) is 1.63. The van der Waals surface area contributed by atoms with Gasteiger partial charge in [-0.05, 0) is 97.6 Å². The van der Waals surface area contributed by atoms with Crippen molar-refractivity contribution in [3.05, 3.63) is 95.3 Å². The fourth-order valence-electron chi connectivity index (χ4n) is 5.24. The van der Waals surface area contributed by atoms with Crippen LogP contribution in [0.4, 0.5) is 4.39 Å². The molecule has 0 amide bonds. The van der Waals surface area contributed by atoms with Gasteiger partial charge in [0.15, 0.2) is 0 Å². The van der Waals surface area contributed by atoms with E-state index in [0.29, 0.717) is 5.39 Å². The predicted octanol–water partition coefficient (Wildman–Crippen LogP) is 9.04. The van der Waals surface area contributed by atoms with Gasteiger partial charge in [0.25, 0.3) is 0 Å². The van der Waals surface area contributed by atoms with Crippen LogP contribution in [-0.4, -0.2) is 0 Å². The van der Waals surface area contributed by atoms with Crippen LogP contribution in [0, 0.1) is 29.5 Å². The number of hydrogen-bond donors (Lipinski definition) is 0. The van der Waals surface area contributed by atoms with Crippen LogP contribution in [0.5, 0.6) is 0 Å². The maximum absolute atomic E-state index is 15.2. The van der Waals surface area contributed by atoms with Gasteiger partial charge < -0.3 is 0 Å². The first kappa shape index (κ1) is 24.3. The molecule has 0 unspecified atom stereocenters. The molecule has 0 spiro atoms. The topological polar surface area (TPSA) is 0 Å². The lowest BCUT2D eigenvalue weighted by Gasteiger charge is -2.28. The van der Waals surface area contributed by atoms with E-state index in [1.165, 1.54) is 44.1 Å². The molecule has 0 bridgehead atoms. The van der Waals surface area contributed by atoms with Crippen LogP contribution < -0.4 is 0 Å². The molecule has 1 aliphatic rings. The molecule has 1 saturated carbocycles. The first-order chi connectivity index (χ1) is 16.7. The Bertz CT molecular complexity index is 1150. The van der Waals surface area contributed by atoms with Crippen molar-refractivity contribution in [3.8, 4) is 11.8 Å². The Hall–Kier alpha value is -2.85. The number of halogens is 1. The standard InChI is InChI=1S/C33H37F/c1-3-5-7-26-10-14-27(15-11-26)16-17-29-19-23-32-31(24-29)22-21-30(33(32)34)20-18-28-12-8-25(6-4-2)9-13-28/h4,10-11,14-15,19,21-25,28H,2-3,5-9,12-13,18,20H2,1H3. The van der Waals surface area contributed by atoms with Crippen LogP contribution in [0.2, 0.25) is 0 Å². The highest BCUT2D eigenvalue weighted by Crippen LogP contribution is 2.34. The number of allylic oxidation sites excluding steroid dienone is 1. The second kappa shape index (κ2) is 12.0. The fraction of sp³-hybridized carbons (Fsp3) is 0.394. The summed E-state index contributed by atoms with van der Waals surface area (Å²) < 4.78 is 15.2. The maximum atomic E-state index is 15.2. The zero-order chi connectivity index (χ0) is 23.8. The summed E-state index contributed by atoms with van der Waals surface area (Å²) in [6.45, 7) is 6.09. The number of benzene rings is 3. The molecule has 3 aromatic carbocycles. The minimum absolute atomic E-state index is 0.0555. The lowest BCUT2D eigenvalue weighted by Crippen LogP contribution is -2.15. The smallest absolute Gasteiger partial charge is 0.134 e. The molecule has 1 fully saturated rings. The van der Waals surface area contributed by atoms with E-state index in [1.807, 2.05) is 24.3 Å². The largest absolute Gasteiger partial charge is 0.206 e. The van der Waals surface area contributed by atoms with Crippen LogP contribution in [0.15, 0.2) is 67.3 Å². The van der Waals surface area contributed by atoms with Gasteiger partial charge in [0.2, 0.25) is 0 Å². The highest BCUT2D eigenvalue weighted by Gasteiger charge is 2.20. The van der Waals surface area contributed by atoms with E-state index in [1.54, 1.807) is 0 Å². The normalized spacial score (nSPS) is 17.8. The Balaban J connectivity index is 1.39. The molecule has 0 aromatic heterocycles. The van der Waals surface area contributed by atoms with Crippen molar-refractivity contribution in [1.82, 2.24) is 0 Å². The number of aryl methyl sites for hydroxylation is 2. The van der Waals surface area contributed by atoms with Crippen LogP contribution in [0.3, 0.4) is 0 Å². The van der Waals surface area contributed by atoms with Gasteiger partial charge in [-0.2, -0.15) is 0 Å². The van der Waals surface area contributed by atoms with E-state index in [9.17, 15) is 0 Å². The third-order valence-corrected chi connectivity index (χ3v) is 7.45. The van der Waals surface area contributed by atoms with Crippen molar-refractivity contribution in [2.24, 2.45) is 11.8 Å². The van der Waals surface area contributed by atoms with Crippen LogP contribution >= 0.6 is 0 Å². The SMILES string of the molecule is C=CCC1CCC(CCc2ccc3cc(C#Cc4ccc(CCCC)cc4)ccc3c2F)CC1. The minimum atomic E-state index is -0.0555. The van der Waals surface area contributed by atoms with Gasteiger partial charge in [-0.25, -0.2) is 4.39 Å². The Kier molecular flexibility index (Phi) is 8.59.